The maximum Gasteiger partial charge on any atom is 0.203 e. The van der Waals surface area contributed by atoms with E-state index in [1.807, 2.05) is 6.20 Å². The van der Waals surface area contributed by atoms with Crippen LogP contribution in [0.4, 0.5) is 5.95 Å². The minimum absolute atomic E-state index is 0.469. The Kier molecular flexibility index (Phi) is 3.77. The molecule has 1 aromatic heterocycles. The largest absolute Gasteiger partial charge is 0.338 e. The molecule has 15 heavy (non-hydrogen) atoms. The molecule has 1 heterocycles. The monoisotopic (exact) mass is 209 g/mol. The number of anilines is 1. The Labute approximate surface area is 92.9 Å². The summed E-state index contributed by atoms with van der Waals surface area (Å²) in [5, 5.41) is 0. The Bertz CT molecular complexity index is 292. The highest BCUT2D eigenvalue weighted by molar-refractivity contribution is 5.34. The Morgan fingerprint density at radius 2 is 1.60 bits per heavy atom. The first kappa shape index (κ1) is 12.1. The van der Waals surface area contributed by atoms with Crippen molar-refractivity contribution in [3.8, 4) is 0 Å². The molecule has 1 rings (SSSR count). The van der Waals surface area contributed by atoms with Crippen molar-refractivity contribution in [2.45, 2.75) is 59.5 Å². The SMILES string of the molecule is CC(C)c1cnc(N(C(C)C)C(C)C)[nH]1. The lowest BCUT2D eigenvalue weighted by Gasteiger charge is -2.30. The fraction of sp³-hybridized carbons (Fsp3) is 0.750. The van der Waals surface area contributed by atoms with E-state index in [0.717, 1.165) is 5.95 Å². The number of aromatic nitrogens is 2. The average Bonchev–Trinajstić information content (AvgIpc) is 2.51. The van der Waals surface area contributed by atoms with E-state index >= 15 is 0 Å². The van der Waals surface area contributed by atoms with Crippen molar-refractivity contribution in [3.63, 3.8) is 0 Å². The van der Waals surface area contributed by atoms with Crippen LogP contribution in [0.2, 0.25) is 0 Å². The molecule has 0 aliphatic carbocycles. The van der Waals surface area contributed by atoms with E-state index in [1.54, 1.807) is 0 Å². The number of imidazole rings is 1. The molecule has 0 saturated carbocycles. The van der Waals surface area contributed by atoms with Crippen LogP contribution < -0.4 is 4.90 Å². The van der Waals surface area contributed by atoms with Gasteiger partial charge in [-0.05, 0) is 33.6 Å². The molecule has 1 N–H and O–H groups in total. The zero-order valence-electron chi connectivity index (χ0n) is 10.7. The summed E-state index contributed by atoms with van der Waals surface area (Å²) >= 11 is 0. The van der Waals surface area contributed by atoms with Gasteiger partial charge in [0.25, 0.3) is 0 Å². The van der Waals surface area contributed by atoms with E-state index < -0.39 is 0 Å². The second-order valence-electron chi connectivity index (χ2n) is 4.91. The summed E-state index contributed by atoms with van der Waals surface area (Å²) in [5.74, 6) is 1.50. The summed E-state index contributed by atoms with van der Waals surface area (Å²) in [6.07, 6.45) is 1.94. The van der Waals surface area contributed by atoms with Crippen molar-refractivity contribution in [3.05, 3.63) is 11.9 Å². The number of aromatic amines is 1. The summed E-state index contributed by atoms with van der Waals surface area (Å²) in [6.45, 7) is 13.1. The normalized spacial score (nSPS) is 11.8. The van der Waals surface area contributed by atoms with E-state index in [1.165, 1.54) is 5.69 Å². The van der Waals surface area contributed by atoms with E-state index in [2.05, 4.69) is 56.4 Å². The molecule has 0 fully saturated rings. The molecule has 86 valence electrons. The van der Waals surface area contributed by atoms with Gasteiger partial charge in [0.15, 0.2) is 0 Å². The first-order valence-corrected chi connectivity index (χ1v) is 5.76. The molecule has 0 unspecified atom stereocenters. The summed E-state index contributed by atoms with van der Waals surface area (Å²) in [4.78, 5) is 10.1. The lowest BCUT2D eigenvalue weighted by Crippen LogP contribution is -2.37. The molecule has 0 amide bonds. The van der Waals surface area contributed by atoms with Crippen molar-refractivity contribution in [1.82, 2.24) is 9.97 Å². The quantitative estimate of drug-likeness (QED) is 0.826. The van der Waals surface area contributed by atoms with Gasteiger partial charge in [-0.25, -0.2) is 4.98 Å². The second kappa shape index (κ2) is 4.69. The second-order valence-corrected chi connectivity index (χ2v) is 4.91. The van der Waals surface area contributed by atoms with Crippen LogP contribution in [0, 0.1) is 0 Å². The van der Waals surface area contributed by atoms with Crippen LogP contribution in [0.5, 0.6) is 0 Å². The van der Waals surface area contributed by atoms with Crippen LogP contribution >= 0.6 is 0 Å². The van der Waals surface area contributed by atoms with Gasteiger partial charge < -0.3 is 9.88 Å². The van der Waals surface area contributed by atoms with Crippen LogP contribution in [0.1, 0.15) is 53.2 Å². The van der Waals surface area contributed by atoms with E-state index in [4.69, 9.17) is 0 Å². The first-order valence-electron chi connectivity index (χ1n) is 5.76. The zero-order valence-corrected chi connectivity index (χ0v) is 10.7. The van der Waals surface area contributed by atoms with Gasteiger partial charge in [0, 0.05) is 17.8 Å². The van der Waals surface area contributed by atoms with Crippen molar-refractivity contribution < 1.29 is 0 Å². The third-order valence-corrected chi connectivity index (χ3v) is 2.56. The first-order chi connectivity index (χ1) is 6.93. The van der Waals surface area contributed by atoms with E-state index in [0.29, 0.717) is 18.0 Å². The minimum Gasteiger partial charge on any atom is -0.338 e. The average molecular weight is 209 g/mol. The number of rotatable bonds is 4. The van der Waals surface area contributed by atoms with Crippen molar-refractivity contribution in [2.75, 3.05) is 4.90 Å². The maximum atomic E-state index is 4.45. The Morgan fingerprint density at radius 1 is 1.07 bits per heavy atom. The van der Waals surface area contributed by atoms with Gasteiger partial charge in [-0.1, -0.05) is 13.8 Å². The van der Waals surface area contributed by atoms with E-state index in [-0.39, 0.29) is 0 Å². The van der Waals surface area contributed by atoms with Gasteiger partial charge in [-0.2, -0.15) is 0 Å². The van der Waals surface area contributed by atoms with Gasteiger partial charge in [-0.3, -0.25) is 0 Å². The third-order valence-electron chi connectivity index (χ3n) is 2.56. The molecule has 0 atom stereocenters. The topological polar surface area (TPSA) is 31.9 Å². The summed E-state index contributed by atoms with van der Waals surface area (Å²) < 4.78 is 0. The number of hydrogen-bond acceptors (Lipinski definition) is 2. The zero-order chi connectivity index (χ0) is 11.6. The highest BCUT2D eigenvalue weighted by Crippen LogP contribution is 2.19. The van der Waals surface area contributed by atoms with Gasteiger partial charge in [-0.15, -0.1) is 0 Å². The van der Waals surface area contributed by atoms with Crippen molar-refractivity contribution in [2.24, 2.45) is 0 Å². The fourth-order valence-corrected chi connectivity index (χ4v) is 1.83. The van der Waals surface area contributed by atoms with Gasteiger partial charge in [0.2, 0.25) is 5.95 Å². The summed E-state index contributed by atoms with van der Waals surface area (Å²) in [6, 6.07) is 0.937. The Morgan fingerprint density at radius 3 is 1.93 bits per heavy atom. The molecular formula is C12H23N3. The highest BCUT2D eigenvalue weighted by Gasteiger charge is 2.17. The molecular weight excluding hydrogens is 186 g/mol. The molecule has 0 radical (unpaired) electrons. The number of H-pyrrole nitrogens is 1. The Hall–Kier alpha value is -0.990. The van der Waals surface area contributed by atoms with Crippen LogP contribution in [0.25, 0.3) is 0 Å². The Balaban J connectivity index is 2.92. The van der Waals surface area contributed by atoms with E-state index in [9.17, 15) is 0 Å². The predicted molar refractivity (Wildman–Crippen MR) is 65.4 cm³/mol. The summed E-state index contributed by atoms with van der Waals surface area (Å²) in [5.41, 5.74) is 1.20. The predicted octanol–water partition coefficient (Wildman–Crippen LogP) is 3.16. The molecule has 0 aromatic carbocycles. The molecule has 0 bridgehead atoms. The molecule has 0 spiro atoms. The standard InChI is InChI=1S/C12H23N3/c1-8(2)11-7-13-12(14-11)15(9(3)4)10(5)6/h7-10H,1-6H3,(H,13,14). The molecule has 0 saturated heterocycles. The van der Waals surface area contributed by atoms with Crippen LogP contribution in [-0.2, 0) is 0 Å². The van der Waals surface area contributed by atoms with Crippen LogP contribution in [-0.4, -0.2) is 22.1 Å². The maximum absolute atomic E-state index is 4.45. The van der Waals surface area contributed by atoms with Gasteiger partial charge in [0.1, 0.15) is 0 Å². The number of nitrogens with zero attached hydrogens (tertiary/aromatic N) is 2. The minimum atomic E-state index is 0.469. The van der Waals surface area contributed by atoms with Crippen molar-refractivity contribution >= 4 is 5.95 Å². The summed E-state index contributed by atoms with van der Waals surface area (Å²) in [7, 11) is 0. The number of nitrogens with one attached hydrogen (secondary N) is 1. The smallest absolute Gasteiger partial charge is 0.203 e. The molecule has 3 heteroatoms. The van der Waals surface area contributed by atoms with Crippen LogP contribution in [0.15, 0.2) is 6.20 Å². The van der Waals surface area contributed by atoms with Crippen molar-refractivity contribution in [1.29, 1.82) is 0 Å². The third kappa shape index (κ3) is 2.74. The molecule has 1 aromatic rings. The highest BCUT2D eigenvalue weighted by atomic mass is 15.3. The number of hydrogen-bond donors (Lipinski definition) is 1. The van der Waals surface area contributed by atoms with Gasteiger partial charge in [0.05, 0.1) is 6.20 Å². The molecule has 0 aliphatic heterocycles. The van der Waals surface area contributed by atoms with Crippen LogP contribution in [0.3, 0.4) is 0 Å². The van der Waals surface area contributed by atoms with Gasteiger partial charge >= 0.3 is 0 Å². The molecule has 0 aliphatic rings. The molecule has 3 nitrogen and oxygen atoms in total. The lowest BCUT2D eigenvalue weighted by molar-refractivity contribution is 0.593. The lowest BCUT2D eigenvalue weighted by atomic mass is 10.2. The fourth-order valence-electron chi connectivity index (χ4n) is 1.83.